The van der Waals surface area contributed by atoms with Gasteiger partial charge in [0.15, 0.2) is 6.29 Å². The van der Waals surface area contributed by atoms with Gasteiger partial charge in [0.2, 0.25) is 5.78 Å². The van der Waals surface area contributed by atoms with Crippen LogP contribution in [-0.2, 0) is 7.05 Å². The van der Waals surface area contributed by atoms with Crippen LogP contribution in [0.1, 0.15) is 30.5 Å². The summed E-state index contributed by atoms with van der Waals surface area (Å²) in [5.41, 5.74) is 1.12. The van der Waals surface area contributed by atoms with Gasteiger partial charge in [0.25, 0.3) is 0 Å². The van der Waals surface area contributed by atoms with Crippen molar-refractivity contribution in [2.45, 2.75) is 6.92 Å². The lowest BCUT2D eigenvalue weighted by Gasteiger charge is -1.90. The Morgan fingerprint density at radius 2 is 2.31 bits per heavy atom. The van der Waals surface area contributed by atoms with Gasteiger partial charge in [-0.1, -0.05) is 0 Å². The second-order valence-corrected chi connectivity index (χ2v) is 4.73. The zero-order valence-electron chi connectivity index (χ0n) is 8.93. The van der Waals surface area contributed by atoms with Gasteiger partial charge < -0.3 is 0 Å². The van der Waals surface area contributed by atoms with E-state index in [1.807, 2.05) is 6.92 Å². The van der Waals surface area contributed by atoms with Crippen molar-refractivity contribution >= 4 is 23.4 Å². The van der Waals surface area contributed by atoms with Crippen LogP contribution in [0.25, 0.3) is 0 Å². The van der Waals surface area contributed by atoms with Crippen LogP contribution in [0.4, 0.5) is 0 Å². The predicted octanol–water partition coefficient (Wildman–Crippen LogP) is 1.83. The molecule has 0 aliphatic heterocycles. The molecular formula is C11H10N2O2S. The van der Waals surface area contributed by atoms with Gasteiger partial charge in [-0.25, -0.2) is 0 Å². The summed E-state index contributed by atoms with van der Waals surface area (Å²) in [6.45, 7) is 1.83. The highest BCUT2D eigenvalue weighted by molar-refractivity contribution is 7.14. The summed E-state index contributed by atoms with van der Waals surface area (Å²) in [6.07, 6.45) is 3.96. The predicted molar refractivity (Wildman–Crippen MR) is 61.1 cm³/mol. The number of carbonyl (C=O) groups is 2. The fourth-order valence-electron chi connectivity index (χ4n) is 1.41. The summed E-state index contributed by atoms with van der Waals surface area (Å²) in [5.74, 6) is -0.0886. The maximum atomic E-state index is 12.0. The van der Waals surface area contributed by atoms with E-state index in [0.717, 1.165) is 11.2 Å². The van der Waals surface area contributed by atoms with Gasteiger partial charge in [0.05, 0.1) is 16.6 Å². The van der Waals surface area contributed by atoms with Crippen molar-refractivity contribution in [2.24, 2.45) is 7.05 Å². The Morgan fingerprint density at radius 3 is 2.81 bits per heavy atom. The van der Waals surface area contributed by atoms with Crippen LogP contribution in [0, 0.1) is 6.92 Å². The smallest absolute Gasteiger partial charge is 0.206 e. The lowest BCUT2D eigenvalue weighted by molar-refractivity contribution is 0.104. The molecule has 0 unspecified atom stereocenters. The minimum atomic E-state index is -0.0886. The van der Waals surface area contributed by atoms with Crippen LogP contribution in [-0.4, -0.2) is 21.8 Å². The number of thiophene rings is 1. The molecule has 2 aromatic heterocycles. The lowest BCUT2D eigenvalue weighted by atomic mass is 10.2. The Labute approximate surface area is 96.5 Å². The number of nitrogens with zero attached hydrogens (tertiary/aromatic N) is 2. The largest absolute Gasteiger partial charge is 0.298 e. The first-order valence-electron chi connectivity index (χ1n) is 4.71. The fourth-order valence-corrected chi connectivity index (χ4v) is 2.36. The molecule has 0 aromatic carbocycles. The number of aldehydes is 1. The molecular weight excluding hydrogens is 224 g/mol. The van der Waals surface area contributed by atoms with Crippen molar-refractivity contribution in [1.82, 2.24) is 9.78 Å². The van der Waals surface area contributed by atoms with E-state index in [9.17, 15) is 9.59 Å². The molecule has 5 heteroatoms. The van der Waals surface area contributed by atoms with Crippen LogP contribution < -0.4 is 0 Å². The summed E-state index contributed by atoms with van der Waals surface area (Å²) in [7, 11) is 1.76. The second kappa shape index (κ2) is 4.02. The van der Waals surface area contributed by atoms with Crippen LogP contribution in [0.2, 0.25) is 0 Å². The van der Waals surface area contributed by atoms with Gasteiger partial charge >= 0.3 is 0 Å². The van der Waals surface area contributed by atoms with Crippen molar-refractivity contribution in [3.63, 3.8) is 0 Å². The molecule has 0 spiro atoms. The minimum Gasteiger partial charge on any atom is -0.298 e. The van der Waals surface area contributed by atoms with Gasteiger partial charge in [-0.3, -0.25) is 14.3 Å². The minimum absolute atomic E-state index is 0.0886. The van der Waals surface area contributed by atoms with Crippen LogP contribution >= 0.6 is 11.3 Å². The molecule has 0 amide bonds. The highest BCUT2D eigenvalue weighted by Gasteiger charge is 2.15. The standard InChI is InChI=1S/C11H10N2O2S/c1-7-8(6-14)3-10(16-7)11(15)9-4-12-13(2)5-9/h3-6H,1-2H3. The molecule has 2 rings (SSSR count). The Kier molecular flexibility index (Phi) is 2.70. The molecule has 0 saturated heterocycles. The Bertz CT molecular complexity index is 554. The van der Waals surface area contributed by atoms with Gasteiger partial charge in [0, 0.05) is 23.7 Å². The molecule has 0 aliphatic rings. The molecule has 0 saturated carbocycles. The molecule has 0 aliphatic carbocycles. The zero-order valence-corrected chi connectivity index (χ0v) is 9.75. The number of ketones is 1. The van der Waals surface area contributed by atoms with Crippen LogP contribution in [0.3, 0.4) is 0 Å². The second-order valence-electron chi connectivity index (χ2n) is 3.47. The number of hydrogen-bond acceptors (Lipinski definition) is 4. The van der Waals surface area contributed by atoms with Crippen molar-refractivity contribution in [1.29, 1.82) is 0 Å². The van der Waals surface area contributed by atoms with E-state index in [-0.39, 0.29) is 5.78 Å². The van der Waals surface area contributed by atoms with E-state index in [1.54, 1.807) is 24.0 Å². The molecule has 0 bridgehead atoms. The van der Waals surface area contributed by atoms with E-state index >= 15 is 0 Å². The number of aryl methyl sites for hydroxylation is 2. The van der Waals surface area contributed by atoms with E-state index in [4.69, 9.17) is 0 Å². The number of carbonyl (C=O) groups excluding carboxylic acids is 2. The maximum Gasteiger partial charge on any atom is 0.206 e. The van der Waals surface area contributed by atoms with Crippen molar-refractivity contribution in [3.05, 3.63) is 39.3 Å². The highest BCUT2D eigenvalue weighted by Crippen LogP contribution is 2.22. The van der Waals surface area contributed by atoms with Crippen molar-refractivity contribution < 1.29 is 9.59 Å². The first-order chi connectivity index (χ1) is 7.61. The van der Waals surface area contributed by atoms with Gasteiger partial charge in [-0.2, -0.15) is 5.10 Å². The van der Waals surface area contributed by atoms with Crippen LogP contribution in [0.15, 0.2) is 18.5 Å². The third kappa shape index (κ3) is 1.81. The molecule has 16 heavy (non-hydrogen) atoms. The van der Waals surface area contributed by atoms with E-state index in [0.29, 0.717) is 16.0 Å². The monoisotopic (exact) mass is 234 g/mol. The van der Waals surface area contributed by atoms with Crippen molar-refractivity contribution in [3.8, 4) is 0 Å². The summed E-state index contributed by atoms with van der Waals surface area (Å²) in [6, 6.07) is 1.63. The molecule has 2 aromatic rings. The SMILES string of the molecule is Cc1sc(C(=O)c2cnn(C)c2)cc1C=O. The quantitative estimate of drug-likeness (QED) is 0.601. The van der Waals surface area contributed by atoms with Crippen molar-refractivity contribution in [2.75, 3.05) is 0 Å². The van der Waals surface area contributed by atoms with E-state index in [2.05, 4.69) is 5.10 Å². The fraction of sp³-hybridized carbons (Fsp3) is 0.182. The molecule has 2 heterocycles. The summed E-state index contributed by atoms with van der Waals surface area (Å²) in [4.78, 5) is 24.1. The first-order valence-corrected chi connectivity index (χ1v) is 5.52. The third-order valence-electron chi connectivity index (χ3n) is 2.27. The molecule has 0 N–H and O–H groups in total. The van der Waals surface area contributed by atoms with Crippen LogP contribution in [0.5, 0.6) is 0 Å². The van der Waals surface area contributed by atoms with Gasteiger partial charge in [-0.05, 0) is 13.0 Å². The molecule has 4 nitrogen and oxygen atoms in total. The number of hydrogen-bond donors (Lipinski definition) is 0. The Balaban J connectivity index is 2.37. The lowest BCUT2D eigenvalue weighted by Crippen LogP contribution is -1.96. The summed E-state index contributed by atoms with van der Waals surface area (Å²) < 4.78 is 1.58. The zero-order chi connectivity index (χ0) is 11.7. The average Bonchev–Trinajstić information content (AvgIpc) is 2.83. The highest BCUT2D eigenvalue weighted by atomic mass is 32.1. The van der Waals surface area contributed by atoms with Gasteiger partial charge in [-0.15, -0.1) is 11.3 Å². The number of aromatic nitrogens is 2. The molecule has 0 atom stereocenters. The normalized spacial score (nSPS) is 10.4. The summed E-state index contributed by atoms with van der Waals surface area (Å²) in [5, 5.41) is 3.94. The number of rotatable bonds is 3. The molecule has 0 fully saturated rings. The van der Waals surface area contributed by atoms with E-state index in [1.165, 1.54) is 17.5 Å². The molecule has 82 valence electrons. The maximum absolute atomic E-state index is 12.0. The molecule has 0 radical (unpaired) electrons. The third-order valence-corrected chi connectivity index (χ3v) is 3.34. The Hall–Kier alpha value is -1.75. The Morgan fingerprint density at radius 1 is 1.56 bits per heavy atom. The first kappa shape index (κ1) is 10.8. The summed E-state index contributed by atoms with van der Waals surface area (Å²) >= 11 is 1.33. The van der Waals surface area contributed by atoms with E-state index < -0.39 is 0 Å². The topological polar surface area (TPSA) is 52.0 Å². The average molecular weight is 234 g/mol. The van der Waals surface area contributed by atoms with Gasteiger partial charge in [0.1, 0.15) is 0 Å².